The van der Waals surface area contributed by atoms with Crippen LogP contribution in [0, 0.1) is 0 Å². The minimum absolute atomic E-state index is 0.873. The van der Waals surface area contributed by atoms with Crippen LogP contribution < -0.4 is 4.72 Å². The van der Waals surface area contributed by atoms with Crippen LogP contribution in [0.15, 0.2) is 0 Å². The molecule has 1 fully saturated rings. The van der Waals surface area contributed by atoms with Crippen molar-refractivity contribution in [2.24, 2.45) is 0 Å². The molecule has 0 bridgehead atoms. The van der Waals surface area contributed by atoms with Crippen molar-refractivity contribution in [3.05, 3.63) is 0 Å². The molecule has 1 amide bonds. The minimum Gasteiger partial charge on any atom is -0.253 e. The molecule has 1 heterocycles. The Hall–Kier alpha value is -0.580. The van der Waals surface area contributed by atoms with Gasteiger partial charge >= 0.3 is 15.3 Å². The summed E-state index contributed by atoms with van der Waals surface area (Å²) in [6, 6.07) is 0. The van der Waals surface area contributed by atoms with Gasteiger partial charge in [-0.3, -0.25) is 4.79 Å². The third-order valence-corrected chi connectivity index (χ3v) is 1.26. The highest BCUT2D eigenvalue weighted by Crippen LogP contribution is 1.99. The summed E-state index contributed by atoms with van der Waals surface area (Å²) in [5.74, 6) is 0. The van der Waals surface area contributed by atoms with Gasteiger partial charge in [-0.2, -0.15) is 8.42 Å². The Bertz CT molecular complexity index is 177. The predicted octanol–water partition coefficient (Wildman–Crippen LogP) is -0.961. The van der Waals surface area contributed by atoms with Gasteiger partial charge in [-0.05, 0) is 0 Å². The van der Waals surface area contributed by atoms with Crippen molar-refractivity contribution in [3.8, 4) is 0 Å². The van der Waals surface area contributed by atoms with Crippen LogP contribution in [0.3, 0.4) is 0 Å². The molecule has 5 heteroatoms. The third kappa shape index (κ3) is 0.283. The monoisotopic (exact) mass is 107 g/mol. The van der Waals surface area contributed by atoms with Crippen LogP contribution in [0.2, 0.25) is 0 Å². The summed E-state index contributed by atoms with van der Waals surface area (Å²) in [7, 11) is -3.38. The molecule has 1 aliphatic rings. The van der Waals surface area contributed by atoms with Crippen molar-refractivity contribution in [1.29, 1.82) is 0 Å². The van der Waals surface area contributed by atoms with Gasteiger partial charge in [-0.1, -0.05) is 0 Å². The van der Waals surface area contributed by atoms with Gasteiger partial charge in [-0.25, -0.2) is 4.72 Å². The number of rotatable bonds is 0. The fourth-order valence-corrected chi connectivity index (χ4v) is 0.471. The molecule has 6 heavy (non-hydrogen) atoms. The molecule has 0 unspecified atom stereocenters. The van der Waals surface area contributed by atoms with Crippen molar-refractivity contribution >= 4 is 15.3 Å². The fraction of sp³-hybridized carbons (Fsp3) is 0. The van der Waals surface area contributed by atoms with Crippen molar-refractivity contribution < 1.29 is 13.2 Å². The first-order chi connectivity index (χ1) is 2.63. The van der Waals surface area contributed by atoms with Gasteiger partial charge in [0.15, 0.2) is 0 Å². The summed E-state index contributed by atoms with van der Waals surface area (Å²) >= 11 is 0. The molecule has 0 saturated carbocycles. The number of hydrogen-bond donors (Lipinski definition) is 1. The van der Waals surface area contributed by atoms with E-state index in [0.717, 1.165) is 0 Å². The second-order valence-corrected chi connectivity index (χ2v) is 2.47. The molecule has 0 aromatic rings. The number of amides is 1. The van der Waals surface area contributed by atoms with Gasteiger partial charge in [0.1, 0.15) is 0 Å². The Morgan fingerprint density at radius 3 is 1.67 bits per heavy atom. The Morgan fingerprint density at radius 1 is 1.50 bits per heavy atom. The second-order valence-electron chi connectivity index (χ2n) is 0.893. The average molecular weight is 107 g/mol. The number of hydrogen-bond acceptors (Lipinski definition) is 3. The van der Waals surface area contributed by atoms with Crippen molar-refractivity contribution in [1.82, 2.24) is 4.72 Å². The second kappa shape index (κ2) is 0.583. The van der Waals surface area contributed by atoms with E-state index in [2.05, 4.69) is 0 Å². The predicted molar refractivity (Wildman–Crippen MR) is 17.5 cm³/mol. The quantitative estimate of drug-likeness (QED) is 0.405. The SMILES string of the molecule is O=C1NS1(=O)=O. The fourth-order valence-electron chi connectivity index (χ4n) is 0.0889. The zero-order valence-corrected chi connectivity index (χ0v) is 3.45. The first-order valence-corrected chi connectivity index (χ1v) is 2.68. The lowest BCUT2D eigenvalue weighted by atomic mass is 11.5. The Morgan fingerprint density at radius 2 is 1.67 bits per heavy atom. The molecule has 0 spiro atoms. The third-order valence-electron chi connectivity index (χ3n) is 0.420. The smallest absolute Gasteiger partial charge is 0.253 e. The number of nitrogens with one attached hydrogen (secondary N) is 1. The highest BCUT2D eigenvalue weighted by atomic mass is 32.2. The van der Waals surface area contributed by atoms with Crippen LogP contribution >= 0.6 is 0 Å². The summed E-state index contributed by atoms with van der Waals surface area (Å²) in [5, 5.41) is -0.873. The molecule has 0 aromatic heterocycles. The van der Waals surface area contributed by atoms with Gasteiger partial charge in [-0.15, -0.1) is 0 Å². The van der Waals surface area contributed by atoms with Crippen molar-refractivity contribution in [2.75, 3.05) is 0 Å². The van der Waals surface area contributed by atoms with Crippen LogP contribution in [0.1, 0.15) is 0 Å². The first kappa shape index (κ1) is 3.60. The number of sulfonamides is 1. The number of carbonyl (C=O) groups is 1. The molecular weight excluding hydrogens is 106 g/mol. The molecule has 1 N–H and O–H groups in total. The number of carbonyl (C=O) groups excluding carboxylic acids is 1. The molecule has 1 saturated heterocycles. The van der Waals surface area contributed by atoms with E-state index in [4.69, 9.17) is 0 Å². The Balaban J connectivity index is 3.24. The standard InChI is InChI=1S/CHNO3S/c3-1-2-6(1,4)5/h(H,2,3). The Labute approximate surface area is 34.2 Å². The first-order valence-electron chi connectivity index (χ1n) is 1.20. The molecular formula is CHNO3S. The maximum absolute atomic E-state index is 9.61. The largest absolute Gasteiger partial charge is 0.370 e. The molecule has 0 aromatic carbocycles. The summed E-state index contributed by atoms with van der Waals surface area (Å²) in [4.78, 5) is 9.51. The van der Waals surface area contributed by atoms with Crippen LogP contribution in [0.5, 0.6) is 0 Å². The van der Waals surface area contributed by atoms with Crippen LogP contribution in [0.25, 0.3) is 0 Å². The molecule has 4 nitrogen and oxygen atoms in total. The van der Waals surface area contributed by atoms with Crippen molar-refractivity contribution in [2.45, 2.75) is 0 Å². The summed E-state index contributed by atoms with van der Waals surface area (Å²) in [6.07, 6.45) is 0. The highest BCUT2D eigenvalue weighted by Gasteiger charge is 2.40. The minimum atomic E-state index is -3.38. The normalized spacial score (nSPS) is 25.7. The highest BCUT2D eigenvalue weighted by molar-refractivity contribution is 8.14. The van der Waals surface area contributed by atoms with Crippen LogP contribution in [-0.2, 0) is 10.0 Å². The van der Waals surface area contributed by atoms with Gasteiger partial charge < -0.3 is 0 Å². The van der Waals surface area contributed by atoms with E-state index < -0.39 is 15.3 Å². The van der Waals surface area contributed by atoms with Crippen molar-refractivity contribution in [3.63, 3.8) is 0 Å². The lowest BCUT2D eigenvalue weighted by Crippen LogP contribution is -1.72. The zero-order chi connectivity index (χ0) is 4.78. The lowest BCUT2D eigenvalue weighted by molar-refractivity contribution is 0.269. The van der Waals surface area contributed by atoms with E-state index in [1.807, 2.05) is 0 Å². The van der Waals surface area contributed by atoms with E-state index in [1.165, 1.54) is 0 Å². The summed E-state index contributed by atoms with van der Waals surface area (Å²) in [6.45, 7) is 0. The van der Waals surface area contributed by atoms with E-state index in [9.17, 15) is 13.2 Å². The summed E-state index contributed by atoms with van der Waals surface area (Å²) < 4.78 is 20.8. The van der Waals surface area contributed by atoms with E-state index in [-0.39, 0.29) is 0 Å². The topological polar surface area (TPSA) is 73.2 Å². The van der Waals surface area contributed by atoms with Gasteiger partial charge in [0.05, 0.1) is 0 Å². The maximum Gasteiger partial charge on any atom is 0.370 e. The zero-order valence-electron chi connectivity index (χ0n) is 2.63. The van der Waals surface area contributed by atoms with Gasteiger partial charge in [0.2, 0.25) is 0 Å². The van der Waals surface area contributed by atoms with E-state index >= 15 is 0 Å². The molecule has 1 rings (SSSR count). The average Bonchev–Trinajstić information content (AvgIpc) is 1.73. The van der Waals surface area contributed by atoms with Gasteiger partial charge in [0.25, 0.3) is 0 Å². The molecule has 0 radical (unpaired) electrons. The maximum atomic E-state index is 9.61. The van der Waals surface area contributed by atoms with Crippen LogP contribution in [-0.4, -0.2) is 13.7 Å². The molecule has 0 atom stereocenters. The lowest BCUT2D eigenvalue weighted by Gasteiger charge is -1.40. The molecule has 0 aliphatic carbocycles. The Kier molecular flexibility index (Phi) is 0.350. The molecule has 1 aliphatic heterocycles. The van der Waals surface area contributed by atoms with E-state index in [0.29, 0.717) is 0 Å². The molecule has 34 valence electrons. The van der Waals surface area contributed by atoms with E-state index in [1.54, 1.807) is 4.72 Å². The van der Waals surface area contributed by atoms with Crippen LogP contribution in [0.4, 0.5) is 4.79 Å². The summed E-state index contributed by atoms with van der Waals surface area (Å²) in [5.41, 5.74) is 0. The van der Waals surface area contributed by atoms with Gasteiger partial charge in [0, 0.05) is 0 Å².